The number of hydrogen-bond acceptors (Lipinski definition) is 5. The zero-order valence-corrected chi connectivity index (χ0v) is 12.4. The van der Waals surface area contributed by atoms with E-state index in [0.29, 0.717) is 5.69 Å². The van der Waals surface area contributed by atoms with E-state index in [1.54, 1.807) is 18.2 Å². The average Bonchev–Trinajstić information content (AvgIpc) is 3.22. The molecule has 7 nitrogen and oxygen atoms in total. The minimum absolute atomic E-state index is 0.00815. The third kappa shape index (κ3) is 4.16. The predicted octanol–water partition coefficient (Wildman–Crippen LogP) is 0.639. The molecule has 1 unspecified atom stereocenters. The normalized spacial score (nSPS) is 16.4. The average molecular weight is 314 g/mol. The Hall–Kier alpha value is -1.64. The summed E-state index contributed by atoms with van der Waals surface area (Å²) in [5.41, 5.74) is 0.356. The number of sulfonamides is 1. The summed E-state index contributed by atoms with van der Waals surface area (Å²) in [6.07, 6.45) is 0.649. The molecule has 8 heteroatoms. The van der Waals surface area contributed by atoms with Crippen LogP contribution in [-0.4, -0.2) is 45.3 Å². The molecule has 0 aromatic heterocycles. The molecule has 0 aliphatic heterocycles. The van der Waals surface area contributed by atoms with Gasteiger partial charge in [-0.25, -0.2) is 17.9 Å². The summed E-state index contributed by atoms with van der Waals surface area (Å²) in [5.74, 6) is -1.11. The van der Waals surface area contributed by atoms with Crippen LogP contribution in [0.4, 0.5) is 5.69 Å². The highest BCUT2D eigenvalue weighted by Crippen LogP contribution is 2.25. The molecular formula is C13H18N2O5S. The fraction of sp³-hybridized carbons (Fsp3) is 0.462. The molecule has 3 N–H and O–H groups in total. The number of aliphatic carboxylic acids is 1. The van der Waals surface area contributed by atoms with E-state index < -0.39 is 22.1 Å². The zero-order chi connectivity index (χ0) is 15.5. The second kappa shape index (κ2) is 6.42. The number of anilines is 1. The van der Waals surface area contributed by atoms with Crippen molar-refractivity contribution in [2.75, 3.05) is 19.0 Å². The molecule has 0 amide bonds. The third-order valence-corrected chi connectivity index (χ3v) is 4.69. The smallest absolute Gasteiger partial charge is 0.334 e. The summed E-state index contributed by atoms with van der Waals surface area (Å²) in [6, 6.07) is 6.39. The van der Waals surface area contributed by atoms with E-state index in [1.807, 2.05) is 0 Å². The molecule has 1 aromatic rings. The Morgan fingerprint density at radius 1 is 1.43 bits per heavy atom. The highest BCUT2D eigenvalue weighted by atomic mass is 32.2. The van der Waals surface area contributed by atoms with Gasteiger partial charge in [0.1, 0.15) is 4.90 Å². The Morgan fingerprint density at radius 2 is 2.10 bits per heavy atom. The molecule has 0 spiro atoms. The lowest BCUT2D eigenvalue weighted by atomic mass is 10.3. The summed E-state index contributed by atoms with van der Waals surface area (Å²) >= 11 is 0. The topological polar surface area (TPSA) is 105 Å². The summed E-state index contributed by atoms with van der Waals surface area (Å²) in [5, 5.41) is 11.7. The van der Waals surface area contributed by atoms with E-state index in [1.165, 1.54) is 13.2 Å². The maximum Gasteiger partial charge on any atom is 0.334 e. The van der Waals surface area contributed by atoms with Crippen LogP contribution in [0.2, 0.25) is 0 Å². The van der Waals surface area contributed by atoms with Crippen LogP contribution in [0.5, 0.6) is 0 Å². The lowest BCUT2D eigenvalue weighted by Gasteiger charge is -2.15. The van der Waals surface area contributed by atoms with E-state index in [9.17, 15) is 13.2 Å². The lowest BCUT2D eigenvalue weighted by Crippen LogP contribution is -2.31. The molecule has 1 atom stereocenters. The van der Waals surface area contributed by atoms with Gasteiger partial charge in [0, 0.05) is 13.2 Å². The van der Waals surface area contributed by atoms with Crippen molar-refractivity contribution >= 4 is 21.7 Å². The summed E-state index contributed by atoms with van der Waals surface area (Å²) < 4.78 is 31.9. The van der Waals surface area contributed by atoms with Crippen LogP contribution in [0.15, 0.2) is 29.2 Å². The van der Waals surface area contributed by atoms with E-state index in [2.05, 4.69) is 10.0 Å². The summed E-state index contributed by atoms with van der Waals surface area (Å²) in [6.45, 7) is -0.0260. The predicted molar refractivity (Wildman–Crippen MR) is 76.7 cm³/mol. The van der Waals surface area contributed by atoms with Crippen molar-refractivity contribution in [1.82, 2.24) is 4.72 Å². The first-order chi connectivity index (χ1) is 9.94. The Labute approximate surface area is 123 Å². The van der Waals surface area contributed by atoms with Crippen molar-refractivity contribution < 1.29 is 23.1 Å². The van der Waals surface area contributed by atoms with Gasteiger partial charge in [-0.3, -0.25) is 0 Å². The Bertz CT molecular complexity index is 613. The number of carboxylic acid groups (broad SMARTS) is 1. The van der Waals surface area contributed by atoms with Gasteiger partial charge in [-0.1, -0.05) is 12.1 Å². The lowest BCUT2D eigenvalue weighted by molar-refractivity contribution is -0.147. The second-order valence-corrected chi connectivity index (χ2v) is 6.52. The van der Waals surface area contributed by atoms with Gasteiger partial charge in [-0.15, -0.1) is 0 Å². The highest BCUT2D eigenvalue weighted by molar-refractivity contribution is 7.89. The molecule has 1 aromatic carbocycles. The molecule has 0 saturated heterocycles. The number of nitrogens with one attached hydrogen (secondary N) is 2. The standard InChI is InChI=1S/C13H18N2O5S/c1-20-11(13(16)17)8-14-10-4-2-3-5-12(10)21(18,19)15-9-6-7-9/h2-5,9,11,14-15H,6-8H2,1H3,(H,16,17). The first-order valence-electron chi connectivity index (χ1n) is 6.55. The number of carbonyl (C=O) groups is 1. The molecule has 0 radical (unpaired) electrons. The Kier molecular flexibility index (Phi) is 4.81. The second-order valence-electron chi connectivity index (χ2n) is 4.84. The van der Waals surface area contributed by atoms with E-state index in [0.717, 1.165) is 12.8 Å². The van der Waals surface area contributed by atoms with Crippen molar-refractivity contribution in [3.63, 3.8) is 0 Å². The first kappa shape index (κ1) is 15.7. The van der Waals surface area contributed by atoms with Crippen LogP contribution in [0.3, 0.4) is 0 Å². The Morgan fingerprint density at radius 3 is 2.67 bits per heavy atom. The Balaban J connectivity index is 2.14. The minimum atomic E-state index is -3.60. The number of para-hydroxylation sites is 1. The molecule has 1 fully saturated rings. The van der Waals surface area contributed by atoms with Gasteiger partial charge < -0.3 is 15.2 Å². The van der Waals surface area contributed by atoms with Crippen LogP contribution >= 0.6 is 0 Å². The monoisotopic (exact) mass is 314 g/mol. The summed E-state index contributed by atoms with van der Waals surface area (Å²) in [4.78, 5) is 11.0. The number of carboxylic acids is 1. The first-order valence-corrected chi connectivity index (χ1v) is 8.03. The van der Waals surface area contributed by atoms with Crippen LogP contribution < -0.4 is 10.0 Å². The van der Waals surface area contributed by atoms with Gasteiger partial charge in [0.15, 0.2) is 6.10 Å². The zero-order valence-electron chi connectivity index (χ0n) is 11.6. The number of hydrogen-bond donors (Lipinski definition) is 3. The number of rotatable bonds is 8. The van der Waals surface area contributed by atoms with Crippen molar-refractivity contribution in [2.45, 2.75) is 29.9 Å². The fourth-order valence-electron chi connectivity index (χ4n) is 1.81. The SMILES string of the molecule is COC(CNc1ccccc1S(=O)(=O)NC1CC1)C(=O)O. The van der Waals surface area contributed by atoms with Crippen LogP contribution in [-0.2, 0) is 19.6 Å². The molecule has 0 bridgehead atoms. The van der Waals surface area contributed by atoms with Crippen molar-refractivity contribution in [1.29, 1.82) is 0 Å². The molecule has 1 saturated carbocycles. The quantitative estimate of drug-likeness (QED) is 0.650. The van der Waals surface area contributed by atoms with Gasteiger partial charge in [0.05, 0.1) is 12.2 Å². The fourth-order valence-corrected chi connectivity index (χ4v) is 3.29. The minimum Gasteiger partial charge on any atom is -0.479 e. The number of methoxy groups -OCH3 is 1. The van der Waals surface area contributed by atoms with Gasteiger partial charge >= 0.3 is 5.97 Å². The van der Waals surface area contributed by atoms with Crippen LogP contribution in [0.25, 0.3) is 0 Å². The largest absolute Gasteiger partial charge is 0.479 e. The van der Waals surface area contributed by atoms with Crippen molar-refractivity contribution in [2.24, 2.45) is 0 Å². The molecule has 116 valence electrons. The molecule has 0 heterocycles. The molecule has 21 heavy (non-hydrogen) atoms. The van der Waals surface area contributed by atoms with Crippen LogP contribution in [0.1, 0.15) is 12.8 Å². The van der Waals surface area contributed by atoms with Gasteiger partial charge in [0.25, 0.3) is 0 Å². The molecule has 1 aliphatic rings. The summed E-state index contributed by atoms with van der Waals surface area (Å²) in [7, 11) is -2.31. The van der Waals surface area contributed by atoms with E-state index in [-0.39, 0.29) is 17.5 Å². The molecular weight excluding hydrogens is 296 g/mol. The molecule has 1 aliphatic carbocycles. The molecule has 2 rings (SSSR count). The van der Waals surface area contributed by atoms with E-state index in [4.69, 9.17) is 9.84 Å². The van der Waals surface area contributed by atoms with Crippen LogP contribution in [0, 0.1) is 0 Å². The highest BCUT2D eigenvalue weighted by Gasteiger charge is 2.29. The maximum atomic E-state index is 12.3. The van der Waals surface area contributed by atoms with Crippen molar-refractivity contribution in [3.8, 4) is 0 Å². The maximum absolute atomic E-state index is 12.3. The van der Waals surface area contributed by atoms with Gasteiger partial charge in [-0.2, -0.15) is 0 Å². The van der Waals surface area contributed by atoms with Gasteiger partial charge in [0.2, 0.25) is 10.0 Å². The van der Waals surface area contributed by atoms with Crippen molar-refractivity contribution in [3.05, 3.63) is 24.3 Å². The van der Waals surface area contributed by atoms with E-state index >= 15 is 0 Å². The third-order valence-electron chi connectivity index (χ3n) is 3.11. The van der Waals surface area contributed by atoms with Gasteiger partial charge in [-0.05, 0) is 25.0 Å². The number of ether oxygens (including phenoxy) is 1. The number of benzene rings is 1.